The minimum absolute atomic E-state index is 0.310. The van der Waals surface area contributed by atoms with Crippen LogP contribution in [-0.2, 0) is 13.6 Å². The van der Waals surface area contributed by atoms with Gasteiger partial charge < -0.3 is 5.32 Å². The SMILES string of the molecule is CC(NCc1ncn(C)n1)c1ccccc1. The summed E-state index contributed by atoms with van der Waals surface area (Å²) in [6.45, 7) is 2.83. The van der Waals surface area contributed by atoms with E-state index in [1.807, 2.05) is 25.2 Å². The van der Waals surface area contributed by atoms with Crippen LogP contribution in [0.2, 0.25) is 0 Å². The molecule has 0 amide bonds. The highest BCUT2D eigenvalue weighted by Gasteiger charge is 2.05. The first-order valence-electron chi connectivity index (χ1n) is 5.38. The molecule has 2 rings (SSSR count). The standard InChI is InChI=1S/C12H16N4/c1-10(11-6-4-3-5-7-11)13-8-12-14-9-16(2)15-12/h3-7,9-10,13H,8H2,1-2H3. The van der Waals surface area contributed by atoms with E-state index in [0.717, 1.165) is 5.82 Å². The quantitative estimate of drug-likeness (QED) is 0.845. The Bertz CT molecular complexity index is 435. The van der Waals surface area contributed by atoms with Gasteiger partial charge in [-0.05, 0) is 12.5 Å². The summed E-state index contributed by atoms with van der Waals surface area (Å²) >= 11 is 0. The maximum atomic E-state index is 4.22. The van der Waals surface area contributed by atoms with E-state index in [1.165, 1.54) is 5.56 Å². The van der Waals surface area contributed by atoms with Crippen molar-refractivity contribution in [2.45, 2.75) is 19.5 Å². The van der Waals surface area contributed by atoms with Crippen LogP contribution in [0.1, 0.15) is 24.4 Å². The zero-order valence-corrected chi connectivity index (χ0v) is 9.59. The molecule has 0 bridgehead atoms. The van der Waals surface area contributed by atoms with Crippen molar-refractivity contribution in [1.29, 1.82) is 0 Å². The van der Waals surface area contributed by atoms with E-state index in [1.54, 1.807) is 11.0 Å². The Hall–Kier alpha value is -1.68. The van der Waals surface area contributed by atoms with E-state index in [2.05, 4.69) is 34.5 Å². The summed E-state index contributed by atoms with van der Waals surface area (Å²) in [5.41, 5.74) is 1.28. The van der Waals surface area contributed by atoms with Gasteiger partial charge in [-0.15, -0.1) is 0 Å². The number of nitrogens with zero attached hydrogens (tertiary/aromatic N) is 3. The number of rotatable bonds is 4. The molecule has 1 atom stereocenters. The van der Waals surface area contributed by atoms with Crippen molar-refractivity contribution in [2.24, 2.45) is 7.05 Å². The van der Waals surface area contributed by atoms with Gasteiger partial charge in [-0.25, -0.2) is 4.98 Å². The van der Waals surface area contributed by atoms with Gasteiger partial charge >= 0.3 is 0 Å². The Labute approximate surface area is 95.3 Å². The normalized spacial score (nSPS) is 12.6. The summed E-state index contributed by atoms with van der Waals surface area (Å²) in [4.78, 5) is 4.17. The largest absolute Gasteiger partial charge is 0.303 e. The molecule has 0 saturated carbocycles. The molecule has 0 spiro atoms. The van der Waals surface area contributed by atoms with E-state index >= 15 is 0 Å². The van der Waals surface area contributed by atoms with Gasteiger partial charge in [0.2, 0.25) is 0 Å². The smallest absolute Gasteiger partial charge is 0.164 e. The predicted molar refractivity (Wildman–Crippen MR) is 62.7 cm³/mol. The third-order valence-corrected chi connectivity index (χ3v) is 2.51. The Morgan fingerprint density at radius 1 is 1.31 bits per heavy atom. The van der Waals surface area contributed by atoms with Crippen LogP contribution in [0, 0.1) is 0 Å². The van der Waals surface area contributed by atoms with Gasteiger partial charge in [0.1, 0.15) is 6.33 Å². The van der Waals surface area contributed by atoms with Gasteiger partial charge in [-0.3, -0.25) is 4.68 Å². The second-order valence-electron chi connectivity index (χ2n) is 3.85. The molecule has 4 heteroatoms. The van der Waals surface area contributed by atoms with E-state index in [9.17, 15) is 0 Å². The Morgan fingerprint density at radius 3 is 2.69 bits per heavy atom. The molecule has 1 N–H and O–H groups in total. The molecular weight excluding hydrogens is 200 g/mol. The van der Waals surface area contributed by atoms with E-state index in [-0.39, 0.29) is 0 Å². The van der Waals surface area contributed by atoms with Crippen LogP contribution in [-0.4, -0.2) is 14.8 Å². The average Bonchev–Trinajstić information content (AvgIpc) is 2.73. The van der Waals surface area contributed by atoms with E-state index < -0.39 is 0 Å². The van der Waals surface area contributed by atoms with Gasteiger partial charge in [0.05, 0.1) is 6.54 Å². The van der Waals surface area contributed by atoms with E-state index in [0.29, 0.717) is 12.6 Å². The number of hydrogen-bond acceptors (Lipinski definition) is 3. The molecule has 0 saturated heterocycles. The number of hydrogen-bond donors (Lipinski definition) is 1. The number of nitrogens with one attached hydrogen (secondary N) is 1. The van der Waals surface area contributed by atoms with E-state index in [4.69, 9.17) is 0 Å². The van der Waals surface area contributed by atoms with Gasteiger partial charge in [0.25, 0.3) is 0 Å². The van der Waals surface area contributed by atoms with Crippen LogP contribution in [0.5, 0.6) is 0 Å². The van der Waals surface area contributed by atoms with Crippen LogP contribution in [0.4, 0.5) is 0 Å². The van der Waals surface area contributed by atoms with Crippen LogP contribution >= 0.6 is 0 Å². The number of benzene rings is 1. The van der Waals surface area contributed by atoms with Crippen molar-refractivity contribution in [2.75, 3.05) is 0 Å². The third-order valence-electron chi connectivity index (χ3n) is 2.51. The summed E-state index contributed by atoms with van der Waals surface area (Å²) < 4.78 is 1.71. The first-order valence-corrected chi connectivity index (χ1v) is 5.38. The molecule has 1 unspecified atom stereocenters. The lowest BCUT2D eigenvalue weighted by molar-refractivity contribution is 0.556. The fraction of sp³-hybridized carbons (Fsp3) is 0.333. The van der Waals surface area contributed by atoms with Gasteiger partial charge in [-0.2, -0.15) is 5.10 Å². The minimum Gasteiger partial charge on any atom is -0.303 e. The monoisotopic (exact) mass is 216 g/mol. The van der Waals surface area contributed by atoms with Crippen molar-refractivity contribution in [3.05, 3.63) is 48.0 Å². The molecule has 1 heterocycles. The minimum atomic E-state index is 0.310. The molecule has 2 aromatic rings. The number of aryl methyl sites for hydroxylation is 1. The van der Waals surface area contributed by atoms with Crippen LogP contribution in [0.3, 0.4) is 0 Å². The third kappa shape index (κ3) is 2.67. The Balaban J connectivity index is 1.91. The molecule has 0 aliphatic heterocycles. The molecule has 84 valence electrons. The van der Waals surface area contributed by atoms with Crippen LogP contribution in [0.15, 0.2) is 36.7 Å². The Morgan fingerprint density at radius 2 is 2.06 bits per heavy atom. The second-order valence-corrected chi connectivity index (χ2v) is 3.85. The first-order chi connectivity index (χ1) is 7.75. The molecular formula is C12H16N4. The second kappa shape index (κ2) is 4.90. The summed E-state index contributed by atoms with van der Waals surface area (Å²) in [6, 6.07) is 10.7. The van der Waals surface area contributed by atoms with Crippen LogP contribution < -0.4 is 5.32 Å². The Kier molecular flexibility index (Phi) is 3.31. The molecule has 1 aromatic heterocycles. The molecule has 1 aromatic carbocycles. The topological polar surface area (TPSA) is 42.7 Å². The van der Waals surface area contributed by atoms with Crippen molar-refractivity contribution >= 4 is 0 Å². The van der Waals surface area contributed by atoms with Crippen molar-refractivity contribution < 1.29 is 0 Å². The van der Waals surface area contributed by atoms with Crippen molar-refractivity contribution in [1.82, 2.24) is 20.1 Å². The maximum Gasteiger partial charge on any atom is 0.164 e. The summed E-state index contributed by atoms with van der Waals surface area (Å²) in [5, 5.41) is 7.61. The molecule has 0 aliphatic rings. The molecule has 16 heavy (non-hydrogen) atoms. The molecule has 0 radical (unpaired) electrons. The average molecular weight is 216 g/mol. The highest BCUT2D eigenvalue weighted by atomic mass is 15.3. The molecule has 0 aliphatic carbocycles. The maximum absolute atomic E-state index is 4.22. The highest BCUT2D eigenvalue weighted by molar-refractivity contribution is 5.18. The predicted octanol–water partition coefficient (Wildman–Crippen LogP) is 1.67. The number of aromatic nitrogens is 3. The lowest BCUT2D eigenvalue weighted by atomic mass is 10.1. The van der Waals surface area contributed by atoms with Crippen molar-refractivity contribution in [3.63, 3.8) is 0 Å². The zero-order valence-electron chi connectivity index (χ0n) is 9.59. The lowest BCUT2D eigenvalue weighted by Gasteiger charge is -2.12. The zero-order chi connectivity index (χ0) is 11.4. The summed E-state index contributed by atoms with van der Waals surface area (Å²) in [6.07, 6.45) is 1.71. The summed E-state index contributed by atoms with van der Waals surface area (Å²) in [7, 11) is 1.87. The highest BCUT2D eigenvalue weighted by Crippen LogP contribution is 2.11. The van der Waals surface area contributed by atoms with Gasteiger partial charge in [0, 0.05) is 13.1 Å². The summed E-state index contributed by atoms with van der Waals surface area (Å²) in [5.74, 6) is 0.824. The first kappa shape index (κ1) is 10.8. The van der Waals surface area contributed by atoms with Crippen LogP contribution in [0.25, 0.3) is 0 Å². The molecule has 4 nitrogen and oxygen atoms in total. The van der Waals surface area contributed by atoms with Gasteiger partial charge in [-0.1, -0.05) is 30.3 Å². The lowest BCUT2D eigenvalue weighted by Crippen LogP contribution is -2.18. The van der Waals surface area contributed by atoms with Crippen molar-refractivity contribution in [3.8, 4) is 0 Å². The molecule has 0 fully saturated rings. The fourth-order valence-electron chi connectivity index (χ4n) is 1.57. The fourth-order valence-corrected chi connectivity index (χ4v) is 1.57. The van der Waals surface area contributed by atoms with Gasteiger partial charge in [0.15, 0.2) is 5.82 Å².